The Labute approximate surface area is 83.2 Å². The zero-order valence-corrected chi connectivity index (χ0v) is 8.89. The van der Waals surface area contributed by atoms with Crippen molar-refractivity contribution in [2.75, 3.05) is 19.8 Å². The van der Waals surface area contributed by atoms with Crippen LogP contribution < -0.4 is 10.7 Å². The molecule has 6 heteroatoms. The van der Waals surface area contributed by atoms with Crippen LogP contribution in [0.25, 0.3) is 0 Å². The summed E-state index contributed by atoms with van der Waals surface area (Å²) >= 11 is 3.99. The molecule has 2 N–H and O–H groups in total. The molecular weight excluding hydrogens is 190 g/mol. The number of likely N-dealkylation sites (N-methyl/N-ethyl adjacent to an activating group) is 1. The van der Waals surface area contributed by atoms with E-state index in [0.29, 0.717) is 5.75 Å². The molecule has 1 atom stereocenters. The second kappa shape index (κ2) is 5.95. The fourth-order valence-electron chi connectivity index (χ4n) is 0.872. The SMILES string of the molecule is CNC(CS)C(=O)N(NC)C(C)=O. The standard InChI is InChI=1S/C7H15N3O2S/c1-5(11)10(9-3)7(12)6(4-13)8-2/h6,8-9,13H,4H2,1-3H3. The first-order valence-corrected chi connectivity index (χ1v) is 4.51. The number of carbonyl (C=O) groups is 2. The first-order chi connectivity index (χ1) is 6.08. The van der Waals surface area contributed by atoms with Crippen LogP contribution in [-0.2, 0) is 9.59 Å². The number of hydrogen-bond acceptors (Lipinski definition) is 5. The van der Waals surface area contributed by atoms with E-state index in [0.717, 1.165) is 5.01 Å². The van der Waals surface area contributed by atoms with Crippen LogP contribution in [0.5, 0.6) is 0 Å². The van der Waals surface area contributed by atoms with Gasteiger partial charge in [0.2, 0.25) is 5.91 Å². The lowest BCUT2D eigenvalue weighted by atomic mass is 10.3. The Hall–Kier alpha value is -0.590. The van der Waals surface area contributed by atoms with Gasteiger partial charge in [-0.3, -0.25) is 9.59 Å². The van der Waals surface area contributed by atoms with Gasteiger partial charge in [-0.05, 0) is 7.05 Å². The molecule has 0 aromatic heterocycles. The van der Waals surface area contributed by atoms with Gasteiger partial charge in [0.15, 0.2) is 0 Å². The molecule has 0 aromatic carbocycles. The van der Waals surface area contributed by atoms with E-state index in [9.17, 15) is 9.59 Å². The lowest BCUT2D eigenvalue weighted by Crippen LogP contribution is -2.53. The number of hydrogen-bond donors (Lipinski definition) is 3. The molecular formula is C7H15N3O2S. The van der Waals surface area contributed by atoms with Crippen molar-refractivity contribution < 1.29 is 9.59 Å². The van der Waals surface area contributed by atoms with Crippen molar-refractivity contribution in [3.8, 4) is 0 Å². The Morgan fingerprint density at radius 2 is 2.00 bits per heavy atom. The largest absolute Gasteiger partial charge is 0.308 e. The minimum absolute atomic E-state index is 0.326. The third kappa shape index (κ3) is 3.33. The highest BCUT2D eigenvalue weighted by atomic mass is 32.1. The number of rotatable bonds is 4. The van der Waals surface area contributed by atoms with Gasteiger partial charge in [-0.25, -0.2) is 10.4 Å². The molecule has 0 radical (unpaired) electrons. The minimum Gasteiger partial charge on any atom is -0.308 e. The molecule has 2 amide bonds. The third-order valence-corrected chi connectivity index (χ3v) is 1.95. The number of carbonyl (C=O) groups excluding carboxylic acids is 2. The van der Waals surface area contributed by atoms with Crippen molar-refractivity contribution in [3.63, 3.8) is 0 Å². The molecule has 0 saturated heterocycles. The topological polar surface area (TPSA) is 61.4 Å². The highest BCUT2D eigenvalue weighted by Crippen LogP contribution is 1.94. The second-order valence-corrected chi connectivity index (χ2v) is 2.81. The van der Waals surface area contributed by atoms with Crippen molar-refractivity contribution in [3.05, 3.63) is 0 Å². The number of nitrogens with one attached hydrogen (secondary N) is 2. The Morgan fingerprint density at radius 1 is 1.46 bits per heavy atom. The van der Waals surface area contributed by atoms with E-state index in [1.165, 1.54) is 14.0 Å². The van der Waals surface area contributed by atoms with E-state index in [4.69, 9.17) is 0 Å². The quantitative estimate of drug-likeness (QED) is 0.407. The predicted octanol–water partition coefficient (Wildman–Crippen LogP) is -0.986. The van der Waals surface area contributed by atoms with E-state index in [1.807, 2.05) is 0 Å². The molecule has 0 rings (SSSR count). The van der Waals surface area contributed by atoms with Crippen LogP contribution in [0.2, 0.25) is 0 Å². The molecule has 0 aliphatic heterocycles. The molecule has 5 nitrogen and oxygen atoms in total. The van der Waals surface area contributed by atoms with Gasteiger partial charge >= 0.3 is 0 Å². The average molecular weight is 205 g/mol. The normalized spacial score (nSPS) is 12.3. The molecule has 0 aliphatic rings. The molecule has 0 spiro atoms. The minimum atomic E-state index is -0.445. The van der Waals surface area contributed by atoms with Crippen LogP contribution in [0, 0.1) is 0 Å². The summed E-state index contributed by atoms with van der Waals surface area (Å²) in [5.74, 6) is -0.317. The number of hydrazine groups is 1. The molecule has 0 aliphatic carbocycles. The Balaban J connectivity index is 4.43. The van der Waals surface area contributed by atoms with Gasteiger partial charge in [-0.2, -0.15) is 12.6 Å². The van der Waals surface area contributed by atoms with Crippen molar-refractivity contribution in [1.29, 1.82) is 0 Å². The number of imide groups is 1. The van der Waals surface area contributed by atoms with Gasteiger partial charge in [0, 0.05) is 19.7 Å². The number of thiol groups is 1. The second-order valence-electron chi connectivity index (χ2n) is 2.44. The summed E-state index contributed by atoms with van der Waals surface area (Å²) in [6.45, 7) is 1.32. The Morgan fingerprint density at radius 3 is 2.23 bits per heavy atom. The predicted molar refractivity (Wildman–Crippen MR) is 53.3 cm³/mol. The van der Waals surface area contributed by atoms with Gasteiger partial charge in [-0.1, -0.05) is 0 Å². The van der Waals surface area contributed by atoms with Crippen LogP contribution in [0.3, 0.4) is 0 Å². The van der Waals surface area contributed by atoms with Crippen molar-refractivity contribution >= 4 is 24.4 Å². The van der Waals surface area contributed by atoms with E-state index in [-0.39, 0.29) is 11.8 Å². The maximum Gasteiger partial charge on any atom is 0.261 e. The van der Waals surface area contributed by atoms with E-state index in [2.05, 4.69) is 23.4 Å². The number of nitrogens with zero attached hydrogens (tertiary/aromatic N) is 1. The monoisotopic (exact) mass is 205 g/mol. The van der Waals surface area contributed by atoms with Crippen LogP contribution >= 0.6 is 12.6 Å². The molecule has 0 bridgehead atoms. The van der Waals surface area contributed by atoms with Gasteiger partial charge < -0.3 is 5.32 Å². The first kappa shape index (κ1) is 12.4. The Kier molecular flexibility index (Phi) is 5.68. The van der Waals surface area contributed by atoms with E-state index >= 15 is 0 Å². The molecule has 0 fully saturated rings. The van der Waals surface area contributed by atoms with E-state index in [1.54, 1.807) is 7.05 Å². The van der Waals surface area contributed by atoms with Gasteiger partial charge in [-0.15, -0.1) is 0 Å². The van der Waals surface area contributed by atoms with Crippen molar-refractivity contribution in [2.45, 2.75) is 13.0 Å². The highest BCUT2D eigenvalue weighted by Gasteiger charge is 2.23. The lowest BCUT2D eigenvalue weighted by Gasteiger charge is -2.22. The third-order valence-electron chi connectivity index (χ3n) is 1.59. The maximum absolute atomic E-state index is 11.5. The van der Waals surface area contributed by atoms with Crippen LogP contribution in [0.4, 0.5) is 0 Å². The summed E-state index contributed by atoms with van der Waals surface area (Å²) in [6, 6.07) is -0.445. The maximum atomic E-state index is 11.5. The summed E-state index contributed by atoms with van der Waals surface area (Å²) in [7, 11) is 3.16. The lowest BCUT2D eigenvalue weighted by molar-refractivity contribution is -0.147. The van der Waals surface area contributed by atoms with Crippen LogP contribution in [-0.4, -0.2) is 42.7 Å². The van der Waals surface area contributed by atoms with Gasteiger partial charge in [0.25, 0.3) is 5.91 Å². The summed E-state index contributed by atoms with van der Waals surface area (Å²) in [5.41, 5.74) is 2.51. The molecule has 0 aromatic rings. The Bertz CT molecular complexity index is 194. The van der Waals surface area contributed by atoms with Crippen molar-refractivity contribution in [1.82, 2.24) is 15.8 Å². The zero-order valence-electron chi connectivity index (χ0n) is 8.00. The molecule has 0 saturated carbocycles. The summed E-state index contributed by atoms with van der Waals surface area (Å²) in [5, 5.41) is 3.72. The van der Waals surface area contributed by atoms with Crippen molar-refractivity contribution in [2.24, 2.45) is 0 Å². The van der Waals surface area contributed by atoms with Gasteiger partial charge in [0.05, 0.1) is 6.04 Å². The van der Waals surface area contributed by atoms with Crippen LogP contribution in [0.1, 0.15) is 6.92 Å². The smallest absolute Gasteiger partial charge is 0.261 e. The fourth-order valence-corrected chi connectivity index (χ4v) is 1.21. The average Bonchev–Trinajstić information content (AvgIpc) is 2.07. The summed E-state index contributed by atoms with van der Waals surface area (Å²) in [6.07, 6.45) is 0. The summed E-state index contributed by atoms with van der Waals surface area (Å²) < 4.78 is 0. The van der Waals surface area contributed by atoms with Gasteiger partial charge in [0.1, 0.15) is 0 Å². The molecule has 13 heavy (non-hydrogen) atoms. The summed E-state index contributed by atoms with van der Waals surface area (Å²) in [4.78, 5) is 22.5. The molecule has 0 heterocycles. The first-order valence-electron chi connectivity index (χ1n) is 3.88. The molecule has 1 unspecified atom stereocenters. The molecule has 76 valence electrons. The van der Waals surface area contributed by atoms with E-state index < -0.39 is 6.04 Å². The number of amides is 2. The zero-order chi connectivity index (χ0) is 10.4. The highest BCUT2D eigenvalue weighted by molar-refractivity contribution is 7.80. The van der Waals surface area contributed by atoms with Crippen LogP contribution in [0.15, 0.2) is 0 Å². The fraction of sp³-hybridized carbons (Fsp3) is 0.714.